The molecule has 2 aromatic carbocycles. The van der Waals surface area contributed by atoms with Gasteiger partial charge in [0.2, 0.25) is 0 Å². The monoisotopic (exact) mass is 361 g/mol. The van der Waals surface area contributed by atoms with Crippen molar-refractivity contribution >= 4 is 34.6 Å². The van der Waals surface area contributed by atoms with E-state index in [9.17, 15) is 0 Å². The number of hydrogen-bond donors (Lipinski definition) is 2. The van der Waals surface area contributed by atoms with Gasteiger partial charge in [0, 0.05) is 16.1 Å². The van der Waals surface area contributed by atoms with Gasteiger partial charge < -0.3 is 20.5 Å². The number of rotatable bonds is 4. The molecule has 2 aromatic rings. The Morgan fingerprint density at radius 2 is 1.79 bits per heavy atom. The predicted molar refractivity (Wildman–Crippen MR) is 99.1 cm³/mol. The first-order valence-corrected chi connectivity index (χ1v) is 7.95. The molecule has 24 heavy (non-hydrogen) atoms. The number of nitrogens with two attached hydrogens (primary N) is 1. The molecule has 0 saturated heterocycles. The van der Waals surface area contributed by atoms with Crippen LogP contribution < -0.4 is 20.5 Å². The van der Waals surface area contributed by atoms with Gasteiger partial charge in [-0.05, 0) is 24.3 Å². The summed E-state index contributed by atoms with van der Waals surface area (Å²) in [5, 5.41) is 3.81. The molecule has 1 heterocycles. The average molecular weight is 362 g/mol. The highest BCUT2D eigenvalue weighted by atomic mass is 35.5. The van der Waals surface area contributed by atoms with E-state index in [1.165, 1.54) is 0 Å². The van der Waals surface area contributed by atoms with Gasteiger partial charge in [-0.25, -0.2) is 4.99 Å². The van der Waals surface area contributed by atoms with Crippen LogP contribution >= 0.6 is 23.8 Å². The molecule has 5 nitrogen and oxygen atoms in total. The second kappa shape index (κ2) is 6.30. The van der Waals surface area contributed by atoms with Crippen molar-refractivity contribution < 1.29 is 9.47 Å². The van der Waals surface area contributed by atoms with Crippen molar-refractivity contribution in [2.24, 2.45) is 10.7 Å². The smallest absolute Gasteiger partial charge is 0.185 e. The minimum Gasteiger partial charge on any atom is -0.493 e. The van der Waals surface area contributed by atoms with Crippen LogP contribution in [0.25, 0.3) is 0 Å². The molecule has 124 valence electrons. The Hall–Kier alpha value is -2.31. The Morgan fingerprint density at radius 3 is 2.38 bits per heavy atom. The Morgan fingerprint density at radius 1 is 1.08 bits per heavy atom. The van der Waals surface area contributed by atoms with Crippen LogP contribution in [0.5, 0.6) is 11.5 Å². The van der Waals surface area contributed by atoms with Crippen LogP contribution in [0.4, 0.5) is 0 Å². The molecular weight excluding hydrogens is 346 g/mol. The zero-order valence-corrected chi connectivity index (χ0v) is 14.7. The molecule has 1 aliphatic rings. The van der Waals surface area contributed by atoms with Gasteiger partial charge in [0.05, 0.1) is 14.2 Å². The number of thiocarbonyl (C=S) groups is 1. The van der Waals surface area contributed by atoms with E-state index in [0.29, 0.717) is 21.5 Å². The largest absolute Gasteiger partial charge is 0.493 e. The van der Waals surface area contributed by atoms with Crippen LogP contribution in [-0.2, 0) is 5.66 Å². The zero-order chi connectivity index (χ0) is 17.3. The maximum atomic E-state index is 6.17. The zero-order valence-electron chi connectivity index (χ0n) is 13.2. The van der Waals surface area contributed by atoms with E-state index in [0.717, 1.165) is 11.1 Å². The maximum Gasteiger partial charge on any atom is 0.185 e. The lowest BCUT2D eigenvalue weighted by Crippen LogP contribution is -2.41. The Kier molecular flexibility index (Phi) is 4.34. The Bertz CT molecular complexity index is 840. The van der Waals surface area contributed by atoms with Crippen molar-refractivity contribution in [2.45, 2.75) is 5.66 Å². The SMILES string of the molecule is COc1ccc(C2(c3cccc(Cl)c3)N=C(N)C(=S)N2)cc1OC. The number of ether oxygens (including phenoxy) is 2. The number of amidine groups is 1. The molecule has 0 amide bonds. The molecule has 0 aromatic heterocycles. The molecule has 0 bridgehead atoms. The summed E-state index contributed by atoms with van der Waals surface area (Å²) < 4.78 is 10.7. The number of aliphatic imine (C=N–C) groups is 1. The highest BCUT2D eigenvalue weighted by molar-refractivity contribution is 7.82. The lowest BCUT2D eigenvalue weighted by Gasteiger charge is -2.28. The number of benzene rings is 2. The summed E-state index contributed by atoms with van der Waals surface area (Å²) in [4.78, 5) is 4.99. The third-order valence-electron chi connectivity index (χ3n) is 3.86. The summed E-state index contributed by atoms with van der Waals surface area (Å²) >= 11 is 11.4. The molecule has 7 heteroatoms. The average Bonchev–Trinajstić information content (AvgIpc) is 2.90. The van der Waals surface area contributed by atoms with Gasteiger partial charge in [-0.1, -0.05) is 42.0 Å². The van der Waals surface area contributed by atoms with Gasteiger partial charge in [-0.3, -0.25) is 0 Å². The van der Waals surface area contributed by atoms with Crippen LogP contribution in [0, 0.1) is 0 Å². The summed E-state index contributed by atoms with van der Waals surface area (Å²) in [6, 6.07) is 12.9. The van der Waals surface area contributed by atoms with E-state index in [2.05, 4.69) is 10.3 Å². The van der Waals surface area contributed by atoms with Crippen molar-refractivity contribution in [2.75, 3.05) is 14.2 Å². The number of nitrogens with one attached hydrogen (secondary N) is 1. The maximum absolute atomic E-state index is 6.17. The quantitative estimate of drug-likeness (QED) is 0.819. The molecule has 1 atom stereocenters. The van der Waals surface area contributed by atoms with Gasteiger partial charge in [0.25, 0.3) is 0 Å². The number of methoxy groups -OCH3 is 2. The third kappa shape index (κ3) is 2.68. The van der Waals surface area contributed by atoms with Crippen LogP contribution in [0.15, 0.2) is 47.5 Å². The van der Waals surface area contributed by atoms with Crippen LogP contribution in [-0.4, -0.2) is 25.0 Å². The standard InChI is InChI=1S/C17H16ClN3O2S/c1-22-13-7-6-11(9-14(13)23-2)17(20-15(19)16(24)21-17)10-4-3-5-12(18)8-10/h3-9H,1-2H3,(H2,19,20)(H,21,24). The minimum atomic E-state index is -0.953. The van der Waals surface area contributed by atoms with Gasteiger partial charge in [0.15, 0.2) is 23.0 Å². The fraction of sp³-hybridized carbons (Fsp3) is 0.176. The molecule has 3 rings (SSSR count). The van der Waals surface area contributed by atoms with Gasteiger partial charge in [0.1, 0.15) is 4.99 Å². The summed E-state index contributed by atoms with van der Waals surface area (Å²) in [5.74, 6) is 1.49. The molecule has 0 saturated carbocycles. The lowest BCUT2D eigenvalue weighted by molar-refractivity contribution is 0.353. The van der Waals surface area contributed by atoms with Crippen LogP contribution in [0.3, 0.4) is 0 Å². The molecule has 1 aliphatic heterocycles. The summed E-state index contributed by atoms with van der Waals surface area (Å²) in [6.07, 6.45) is 0. The van der Waals surface area contributed by atoms with E-state index in [1.807, 2.05) is 36.4 Å². The number of nitrogens with zero attached hydrogens (tertiary/aromatic N) is 1. The third-order valence-corrected chi connectivity index (χ3v) is 4.41. The fourth-order valence-electron chi connectivity index (χ4n) is 2.70. The topological polar surface area (TPSA) is 68.9 Å². The molecule has 3 N–H and O–H groups in total. The Labute approximate surface area is 150 Å². The van der Waals surface area contributed by atoms with Crippen molar-refractivity contribution in [3.63, 3.8) is 0 Å². The van der Waals surface area contributed by atoms with Gasteiger partial charge in [-0.15, -0.1) is 0 Å². The van der Waals surface area contributed by atoms with E-state index in [4.69, 9.17) is 39.0 Å². The lowest BCUT2D eigenvalue weighted by atomic mass is 9.91. The van der Waals surface area contributed by atoms with E-state index in [1.54, 1.807) is 20.3 Å². The Balaban J connectivity index is 2.22. The van der Waals surface area contributed by atoms with Crippen LogP contribution in [0.2, 0.25) is 5.02 Å². The van der Waals surface area contributed by atoms with E-state index in [-0.39, 0.29) is 5.84 Å². The first-order valence-electron chi connectivity index (χ1n) is 7.16. The second-order valence-corrected chi connectivity index (χ2v) is 6.09. The van der Waals surface area contributed by atoms with E-state index < -0.39 is 5.66 Å². The molecular formula is C17H16ClN3O2S. The predicted octanol–water partition coefficient (Wildman–Crippen LogP) is 2.85. The molecule has 0 fully saturated rings. The number of hydrogen-bond acceptors (Lipinski definition) is 5. The molecule has 1 unspecified atom stereocenters. The van der Waals surface area contributed by atoms with Crippen LogP contribution in [0.1, 0.15) is 11.1 Å². The fourth-order valence-corrected chi connectivity index (χ4v) is 3.09. The van der Waals surface area contributed by atoms with Crippen molar-refractivity contribution in [1.82, 2.24) is 5.32 Å². The summed E-state index contributed by atoms with van der Waals surface area (Å²) in [7, 11) is 3.17. The number of halogens is 1. The normalized spacial score (nSPS) is 19.6. The first kappa shape index (κ1) is 16.5. The highest BCUT2D eigenvalue weighted by Gasteiger charge is 2.40. The van der Waals surface area contributed by atoms with Gasteiger partial charge >= 0.3 is 0 Å². The second-order valence-electron chi connectivity index (χ2n) is 5.24. The molecule has 0 radical (unpaired) electrons. The molecule has 0 aliphatic carbocycles. The molecule has 0 spiro atoms. The minimum absolute atomic E-state index is 0.278. The van der Waals surface area contributed by atoms with Crippen molar-refractivity contribution in [3.05, 3.63) is 58.6 Å². The van der Waals surface area contributed by atoms with Crippen molar-refractivity contribution in [3.8, 4) is 11.5 Å². The van der Waals surface area contributed by atoms with Crippen molar-refractivity contribution in [1.29, 1.82) is 0 Å². The summed E-state index contributed by atoms with van der Waals surface area (Å²) in [6.45, 7) is 0. The first-order chi connectivity index (χ1) is 11.5. The summed E-state index contributed by atoms with van der Waals surface area (Å²) in [5.41, 5.74) is 6.63. The van der Waals surface area contributed by atoms with E-state index >= 15 is 0 Å². The van der Waals surface area contributed by atoms with Gasteiger partial charge in [-0.2, -0.15) is 0 Å². The highest BCUT2D eigenvalue weighted by Crippen LogP contribution is 2.39.